The van der Waals surface area contributed by atoms with E-state index in [1.165, 1.54) is 16.9 Å². The molecule has 4 heteroatoms. The molecule has 0 fully saturated rings. The molecule has 0 bridgehead atoms. The molecule has 16 heavy (non-hydrogen) atoms. The van der Waals surface area contributed by atoms with Crippen LogP contribution in [0.3, 0.4) is 0 Å². The van der Waals surface area contributed by atoms with Crippen LogP contribution in [0.15, 0.2) is 29.6 Å². The van der Waals surface area contributed by atoms with Gasteiger partial charge in [0, 0.05) is 5.38 Å². The summed E-state index contributed by atoms with van der Waals surface area (Å²) in [5, 5.41) is 2.50. The fraction of sp³-hybridized carbons (Fsp3) is 0.250. The maximum atomic E-state index is 5.76. The molecule has 1 aromatic heterocycles. The Hall–Kier alpha value is -1.55. The molecule has 1 unspecified atom stereocenters. The number of ether oxygens (including phenoxy) is 1. The minimum Gasteiger partial charge on any atom is -0.484 e. The summed E-state index contributed by atoms with van der Waals surface area (Å²) >= 11 is 1.43. The molecule has 84 valence electrons. The van der Waals surface area contributed by atoms with Gasteiger partial charge in [0.1, 0.15) is 11.9 Å². The van der Waals surface area contributed by atoms with Gasteiger partial charge in [-0.05, 0) is 26.0 Å². The van der Waals surface area contributed by atoms with Crippen molar-refractivity contribution in [2.75, 3.05) is 5.73 Å². The van der Waals surface area contributed by atoms with Gasteiger partial charge in [0.15, 0.2) is 5.13 Å². The number of hydrogen-bond acceptors (Lipinski definition) is 4. The number of hydrogen-bond donors (Lipinski definition) is 1. The Bertz CT molecular complexity index is 464. The SMILES string of the molecule is Cc1ccc(OC(C)c2csc(N)n2)cc1. The van der Waals surface area contributed by atoms with E-state index in [2.05, 4.69) is 4.98 Å². The molecule has 3 nitrogen and oxygen atoms in total. The van der Waals surface area contributed by atoms with E-state index in [0.29, 0.717) is 5.13 Å². The lowest BCUT2D eigenvalue weighted by Crippen LogP contribution is -2.03. The van der Waals surface area contributed by atoms with Crippen LogP contribution in [0.5, 0.6) is 5.75 Å². The highest BCUT2D eigenvalue weighted by atomic mass is 32.1. The molecule has 0 aliphatic rings. The first-order valence-corrected chi connectivity index (χ1v) is 5.97. The van der Waals surface area contributed by atoms with Crippen molar-refractivity contribution in [3.05, 3.63) is 40.9 Å². The Morgan fingerprint density at radius 2 is 2.00 bits per heavy atom. The Morgan fingerprint density at radius 1 is 1.31 bits per heavy atom. The van der Waals surface area contributed by atoms with Gasteiger partial charge < -0.3 is 10.5 Å². The zero-order valence-electron chi connectivity index (χ0n) is 9.31. The quantitative estimate of drug-likeness (QED) is 0.887. The second-order valence-electron chi connectivity index (χ2n) is 3.68. The number of nitrogens with two attached hydrogens (primary N) is 1. The monoisotopic (exact) mass is 234 g/mol. The summed E-state index contributed by atoms with van der Waals surface area (Å²) in [5.74, 6) is 0.852. The minimum absolute atomic E-state index is 0.0729. The molecular formula is C12H14N2OS. The van der Waals surface area contributed by atoms with E-state index in [1.54, 1.807) is 0 Å². The second-order valence-corrected chi connectivity index (χ2v) is 4.57. The Kier molecular flexibility index (Phi) is 3.10. The highest BCUT2D eigenvalue weighted by Crippen LogP contribution is 2.23. The topological polar surface area (TPSA) is 48.1 Å². The average molecular weight is 234 g/mol. The van der Waals surface area contributed by atoms with E-state index in [9.17, 15) is 0 Å². The summed E-state index contributed by atoms with van der Waals surface area (Å²) in [6.07, 6.45) is -0.0729. The number of benzene rings is 1. The maximum absolute atomic E-state index is 5.76. The molecule has 2 rings (SSSR count). The van der Waals surface area contributed by atoms with Gasteiger partial charge in [0.2, 0.25) is 0 Å². The molecule has 0 saturated carbocycles. The number of rotatable bonds is 3. The molecule has 0 amide bonds. The third-order valence-electron chi connectivity index (χ3n) is 2.29. The van der Waals surface area contributed by atoms with Gasteiger partial charge in [-0.15, -0.1) is 11.3 Å². The lowest BCUT2D eigenvalue weighted by Gasteiger charge is -2.12. The van der Waals surface area contributed by atoms with Crippen LogP contribution < -0.4 is 10.5 Å². The molecule has 0 spiro atoms. The third-order valence-corrected chi connectivity index (χ3v) is 2.98. The first-order chi connectivity index (χ1) is 7.65. The molecular weight excluding hydrogens is 220 g/mol. The van der Waals surface area contributed by atoms with E-state index >= 15 is 0 Å². The standard InChI is InChI=1S/C12H14N2OS/c1-8-3-5-10(6-4-8)15-9(2)11-7-16-12(13)14-11/h3-7,9H,1-2H3,(H2,13,14). The molecule has 1 atom stereocenters. The van der Waals surface area contributed by atoms with Gasteiger partial charge >= 0.3 is 0 Å². The smallest absolute Gasteiger partial charge is 0.180 e. The van der Waals surface area contributed by atoms with Gasteiger partial charge in [-0.1, -0.05) is 17.7 Å². The third kappa shape index (κ3) is 2.52. The number of aromatic nitrogens is 1. The highest BCUT2D eigenvalue weighted by Gasteiger charge is 2.10. The maximum Gasteiger partial charge on any atom is 0.180 e. The van der Waals surface area contributed by atoms with Crippen LogP contribution in [-0.4, -0.2) is 4.98 Å². The van der Waals surface area contributed by atoms with Crippen molar-refractivity contribution in [2.24, 2.45) is 0 Å². The lowest BCUT2D eigenvalue weighted by molar-refractivity contribution is 0.223. The number of anilines is 1. The normalized spacial score (nSPS) is 12.4. The highest BCUT2D eigenvalue weighted by molar-refractivity contribution is 7.13. The van der Waals surface area contributed by atoms with Gasteiger partial charge in [-0.25, -0.2) is 4.98 Å². The van der Waals surface area contributed by atoms with Crippen molar-refractivity contribution < 1.29 is 4.74 Å². The fourth-order valence-corrected chi connectivity index (χ4v) is 2.01. The zero-order chi connectivity index (χ0) is 11.5. The van der Waals surface area contributed by atoms with Crippen LogP contribution in [0, 0.1) is 6.92 Å². The molecule has 0 aliphatic carbocycles. The summed E-state index contributed by atoms with van der Waals surface area (Å²) in [7, 11) is 0. The van der Waals surface area contributed by atoms with Gasteiger partial charge in [-0.2, -0.15) is 0 Å². The second kappa shape index (κ2) is 4.53. The van der Waals surface area contributed by atoms with Gasteiger partial charge in [0.25, 0.3) is 0 Å². The molecule has 0 radical (unpaired) electrons. The number of nitrogen functional groups attached to an aromatic ring is 1. The summed E-state index contributed by atoms with van der Waals surface area (Å²) in [4.78, 5) is 4.20. The van der Waals surface area contributed by atoms with Crippen LogP contribution in [0.1, 0.15) is 24.3 Å². The van der Waals surface area contributed by atoms with Crippen LogP contribution >= 0.6 is 11.3 Å². The lowest BCUT2D eigenvalue weighted by atomic mass is 10.2. The molecule has 0 saturated heterocycles. The van der Waals surface area contributed by atoms with E-state index in [-0.39, 0.29) is 6.10 Å². The van der Waals surface area contributed by atoms with Crippen molar-refractivity contribution in [1.82, 2.24) is 4.98 Å². The predicted octanol–water partition coefficient (Wildman–Crippen LogP) is 3.17. The summed E-state index contributed by atoms with van der Waals surface area (Å²) in [6.45, 7) is 4.02. The van der Waals surface area contributed by atoms with Gasteiger partial charge in [-0.3, -0.25) is 0 Å². The predicted molar refractivity (Wildman–Crippen MR) is 66.7 cm³/mol. The van der Waals surface area contributed by atoms with Crippen molar-refractivity contribution in [3.63, 3.8) is 0 Å². The number of thiazole rings is 1. The molecule has 1 aromatic carbocycles. The average Bonchev–Trinajstić information content (AvgIpc) is 2.68. The fourth-order valence-electron chi connectivity index (χ4n) is 1.37. The molecule has 2 N–H and O–H groups in total. The van der Waals surface area contributed by atoms with Crippen molar-refractivity contribution in [1.29, 1.82) is 0 Å². The van der Waals surface area contributed by atoms with Gasteiger partial charge in [0.05, 0.1) is 5.69 Å². The number of nitrogens with zero attached hydrogens (tertiary/aromatic N) is 1. The Labute approximate surface area is 98.9 Å². The van der Waals surface area contributed by atoms with Crippen LogP contribution in [0.2, 0.25) is 0 Å². The van der Waals surface area contributed by atoms with Crippen LogP contribution in [0.25, 0.3) is 0 Å². The van der Waals surface area contributed by atoms with Crippen LogP contribution in [-0.2, 0) is 0 Å². The molecule has 0 aliphatic heterocycles. The minimum atomic E-state index is -0.0729. The van der Waals surface area contributed by atoms with E-state index in [4.69, 9.17) is 10.5 Å². The Morgan fingerprint density at radius 3 is 2.56 bits per heavy atom. The van der Waals surface area contributed by atoms with E-state index in [1.807, 2.05) is 43.5 Å². The summed E-state index contributed by atoms with van der Waals surface area (Å²) in [6, 6.07) is 7.97. The first-order valence-electron chi connectivity index (χ1n) is 5.09. The number of aryl methyl sites for hydroxylation is 1. The molecule has 2 aromatic rings. The van der Waals surface area contributed by atoms with Crippen molar-refractivity contribution >= 4 is 16.5 Å². The summed E-state index contributed by atoms with van der Waals surface area (Å²) < 4.78 is 5.76. The largest absolute Gasteiger partial charge is 0.484 e. The van der Waals surface area contributed by atoms with E-state index < -0.39 is 0 Å². The molecule has 1 heterocycles. The van der Waals surface area contributed by atoms with Crippen molar-refractivity contribution in [3.8, 4) is 5.75 Å². The van der Waals surface area contributed by atoms with E-state index in [0.717, 1.165) is 11.4 Å². The summed E-state index contributed by atoms with van der Waals surface area (Å²) in [5.41, 5.74) is 7.68. The van der Waals surface area contributed by atoms with Crippen LogP contribution in [0.4, 0.5) is 5.13 Å². The van der Waals surface area contributed by atoms with Crippen molar-refractivity contribution in [2.45, 2.75) is 20.0 Å². The first kappa shape index (κ1) is 11.0. The Balaban J connectivity index is 2.07. The zero-order valence-corrected chi connectivity index (χ0v) is 10.1.